The van der Waals surface area contributed by atoms with Crippen molar-refractivity contribution in [2.45, 2.75) is 44.6 Å². The number of hydrogen-bond acceptors (Lipinski definition) is 7. The highest BCUT2D eigenvalue weighted by Gasteiger charge is 2.45. The first-order valence-corrected chi connectivity index (χ1v) is 12.9. The van der Waals surface area contributed by atoms with Crippen LogP contribution in [0.4, 0.5) is 16.0 Å². The first-order chi connectivity index (χ1) is 17.7. The Morgan fingerprint density at radius 1 is 1.14 bits per heavy atom. The summed E-state index contributed by atoms with van der Waals surface area (Å²) in [6, 6.07) is 13.7. The monoisotopic (exact) mass is 518 g/mol. The van der Waals surface area contributed by atoms with E-state index in [1.807, 2.05) is 38.1 Å². The van der Waals surface area contributed by atoms with E-state index in [1.54, 1.807) is 24.5 Å². The highest BCUT2D eigenvalue weighted by atomic mass is 32.1. The van der Waals surface area contributed by atoms with E-state index in [-0.39, 0.29) is 12.2 Å². The average molecular weight is 519 g/mol. The van der Waals surface area contributed by atoms with Crippen molar-refractivity contribution < 1.29 is 19.4 Å². The van der Waals surface area contributed by atoms with Gasteiger partial charge in [0.2, 0.25) is 5.95 Å². The topological polar surface area (TPSA) is 108 Å². The predicted molar refractivity (Wildman–Crippen MR) is 140 cm³/mol. The molecule has 37 heavy (non-hydrogen) atoms. The molecule has 1 aliphatic rings. The van der Waals surface area contributed by atoms with Crippen LogP contribution in [0.5, 0.6) is 0 Å². The molecule has 0 spiro atoms. The summed E-state index contributed by atoms with van der Waals surface area (Å²) >= 11 is 1.40. The van der Waals surface area contributed by atoms with E-state index in [4.69, 9.17) is 0 Å². The smallest absolute Gasteiger partial charge is 0.307 e. The van der Waals surface area contributed by atoms with Crippen molar-refractivity contribution in [3.63, 3.8) is 0 Å². The number of aliphatic hydroxyl groups is 1. The number of hydrogen-bond donors (Lipinski definition) is 3. The van der Waals surface area contributed by atoms with Gasteiger partial charge in [-0.2, -0.15) is 0 Å². The van der Waals surface area contributed by atoms with Gasteiger partial charge in [-0.25, -0.2) is 19.3 Å². The Morgan fingerprint density at radius 2 is 1.92 bits per heavy atom. The Morgan fingerprint density at radius 3 is 2.65 bits per heavy atom. The maximum absolute atomic E-state index is 13.5. The van der Waals surface area contributed by atoms with Crippen molar-refractivity contribution in [2.75, 3.05) is 5.32 Å². The summed E-state index contributed by atoms with van der Waals surface area (Å²) in [6.07, 6.45) is 4.25. The third kappa shape index (κ3) is 5.38. The molecule has 0 saturated heterocycles. The minimum absolute atomic E-state index is 0.202. The van der Waals surface area contributed by atoms with Crippen molar-refractivity contribution in [1.29, 1.82) is 0 Å². The molecule has 2 aromatic heterocycles. The molecule has 0 aliphatic heterocycles. The summed E-state index contributed by atoms with van der Waals surface area (Å²) in [4.78, 5) is 26.1. The number of anilines is 2. The molecule has 0 bridgehead atoms. The van der Waals surface area contributed by atoms with Gasteiger partial charge in [0, 0.05) is 29.7 Å². The van der Waals surface area contributed by atoms with Gasteiger partial charge in [-0.15, -0.1) is 11.3 Å². The Kier molecular flexibility index (Phi) is 6.74. The van der Waals surface area contributed by atoms with Crippen molar-refractivity contribution >= 4 is 28.9 Å². The van der Waals surface area contributed by atoms with E-state index in [1.165, 1.54) is 23.5 Å². The standard InChI is InChI=1S/C28H27FN4O3S/c1-16-11-19(13-21(12-16)33-27-30-10-8-17(2)32-27)24-15-31-26(37-24)28(36)9-7-22(25(34)35)23(14-28)18-3-5-20(29)6-4-18/h3-6,8,10-13,15,22-23,36H,7,9,14H2,1-2H3,(H,34,35)(H,30,32,33). The van der Waals surface area contributed by atoms with Crippen LogP contribution in [0.1, 0.15) is 47.0 Å². The molecule has 2 aromatic carbocycles. The molecular weight excluding hydrogens is 491 g/mol. The van der Waals surface area contributed by atoms with E-state index in [2.05, 4.69) is 20.3 Å². The van der Waals surface area contributed by atoms with E-state index >= 15 is 0 Å². The van der Waals surface area contributed by atoms with E-state index in [0.717, 1.165) is 27.4 Å². The Bertz CT molecular complexity index is 1440. The highest BCUT2D eigenvalue weighted by molar-refractivity contribution is 7.15. The minimum Gasteiger partial charge on any atom is -0.481 e. The highest BCUT2D eigenvalue weighted by Crippen LogP contribution is 2.49. The number of carboxylic acids is 1. The quantitative estimate of drug-likeness (QED) is 0.289. The molecule has 9 heteroatoms. The number of benzene rings is 2. The van der Waals surface area contributed by atoms with Gasteiger partial charge in [0.1, 0.15) is 16.4 Å². The summed E-state index contributed by atoms with van der Waals surface area (Å²) in [7, 11) is 0. The largest absolute Gasteiger partial charge is 0.481 e. The van der Waals surface area contributed by atoms with Crippen LogP contribution in [0.25, 0.3) is 10.4 Å². The molecule has 0 amide bonds. The molecule has 7 nitrogen and oxygen atoms in total. The van der Waals surface area contributed by atoms with Crippen molar-refractivity contribution in [1.82, 2.24) is 15.0 Å². The fraction of sp³-hybridized carbons (Fsp3) is 0.286. The van der Waals surface area contributed by atoms with Crippen LogP contribution in [-0.2, 0) is 10.4 Å². The second-order valence-electron chi connectivity index (χ2n) is 9.64. The zero-order valence-electron chi connectivity index (χ0n) is 20.5. The van der Waals surface area contributed by atoms with Crippen LogP contribution in [0.2, 0.25) is 0 Å². The van der Waals surface area contributed by atoms with Gasteiger partial charge in [-0.05, 0) is 80.1 Å². The molecule has 5 rings (SSSR count). The summed E-state index contributed by atoms with van der Waals surface area (Å²) < 4.78 is 13.5. The van der Waals surface area contributed by atoms with Crippen LogP contribution in [-0.4, -0.2) is 31.1 Å². The number of thiazole rings is 1. The van der Waals surface area contributed by atoms with E-state index in [0.29, 0.717) is 29.4 Å². The SMILES string of the molecule is Cc1cc(Nc2nccc(C)n2)cc(-c2cnc(C3(O)CCC(C(=O)O)C(c4ccc(F)cc4)C3)s2)c1. The van der Waals surface area contributed by atoms with Crippen LogP contribution in [0.3, 0.4) is 0 Å². The number of aromatic nitrogens is 3. The third-order valence-corrected chi connectivity index (χ3v) is 8.08. The zero-order valence-corrected chi connectivity index (χ0v) is 21.3. The average Bonchev–Trinajstić information content (AvgIpc) is 3.36. The summed E-state index contributed by atoms with van der Waals surface area (Å²) in [5.74, 6) is -1.88. The second kappa shape index (κ2) is 9.99. The number of aryl methyl sites for hydroxylation is 2. The van der Waals surface area contributed by atoms with Crippen LogP contribution in [0, 0.1) is 25.6 Å². The molecule has 4 aromatic rings. The Balaban J connectivity index is 1.42. The number of carbonyl (C=O) groups is 1. The molecule has 0 radical (unpaired) electrons. The number of rotatable bonds is 6. The van der Waals surface area contributed by atoms with Crippen LogP contribution in [0.15, 0.2) is 60.9 Å². The molecule has 1 aliphatic carbocycles. The maximum Gasteiger partial charge on any atom is 0.307 e. The molecule has 3 atom stereocenters. The van der Waals surface area contributed by atoms with Crippen molar-refractivity contribution in [3.05, 3.63) is 88.6 Å². The summed E-state index contributed by atoms with van der Waals surface area (Å²) in [5.41, 5.74) is 3.12. The fourth-order valence-corrected chi connectivity index (χ4v) is 6.04. The lowest BCUT2D eigenvalue weighted by atomic mass is 9.69. The molecule has 3 unspecified atom stereocenters. The van der Waals surface area contributed by atoms with E-state index < -0.39 is 23.4 Å². The van der Waals surface area contributed by atoms with Crippen LogP contribution < -0.4 is 5.32 Å². The minimum atomic E-state index is -1.27. The van der Waals surface area contributed by atoms with Gasteiger partial charge in [0.25, 0.3) is 0 Å². The molecule has 1 saturated carbocycles. The van der Waals surface area contributed by atoms with Gasteiger partial charge < -0.3 is 15.5 Å². The predicted octanol–water partition coefficient (Wildman–Crippen LogP) is 5.96. The lowest BCUT2D eigenvalue weighted by Gasteiger charge is -2.39. The lowest BCUT2D eigenvalue weighted by molar-refractivity contribution is -0.146. The van der Waals surface area contributed by atoms with Gasteiger partial charge >= 0.3 is 5.97 Å². The number of aliphatic carboxylic acids is 1. The Labute approximate surface area is 218 Å². The first-order valence-electron chi connectivity index (χ1n) is 12.1. The van der Waals surface area contributed by atoms with Gasteiger partial charge in [-0.1, -0.05) is 18.2 Å². The van der Waals surface area contributed by atoms with Crippen LogP contribution >= 0.6 is 11.3 Å². The molecule has 2 heterocycles. The van der Waals surface area contributed by atoms with Gasteiger partial charge in [0.15, 0.2) is 0 Å². The lowest BCUT2D eigenvalue weighted by Crippen LogP contribution is -2.38. The second-order valence-corrected chi connectivity index (χ2v) is 10.7. The molecule has 1 fully saturated rings. The molecule has 3 N–H and O–H groups in total. The normalized spacial score (nSPS) is 21.5. The number of nitrogens with zero attached hydrogens (tertiary/aromatic N) is 3. The maximum atomic E-state index is 13.5. The molecular formula is C28H27FN4O3S. The number of halogens is 1. The fourth-order valence-electron chi connectivity index (χ4n) is 5.01. The summed E-state index contributed by atoms with van der Waals surface area (Å²) in [5, 5.41) is 25.3. The van der Waals surface area contributed by atoms with Gasteiger partial charge in [-0.3, -0.25) is 4.79 Å². The first kappa shape index (κ1) is 25.0. The van der Waals surface area contributed by atoms with E-state index in [9.17, 15) is 19.4 Å². The molecule has 190 valence electrons. The number of carboxylic acid groups (broad SMARTS) is 1. The summed E-state index contributed by atoms with van der Waals surface area (Å²) in [6.45, 7) is 3.91. The van der Waals surface area contributed by atoms with Gasteiger partial charge in [0.05, 0.1) is 10.8 Å². The zero-order chi connectivity index (χ0) is 26.2. The third-order valence-electron chi connectivity index (χ3n) is 6.84. The van der Waals surface area contributed by atoms with Crippen molar-refractivity contribution in [2.24, 2.45) is 5.92 Å². The number of nitrogens with one attached hydrogen (secondary N) is 1. The Hall–Kier alpha value is -3.69. The van der Waals surface area contributed by atoms with Crippen molar-refractivity contribution in [3.8, 4) is 10.4 Å².